The smallest absolute Gasteiger partial charge is 0.0998 e. The van der Waals surface area contributed by atoms with Crippen molar-refractivity contribution in [2.45, 2.75) is 0 Å². The lowest BCUT2D eigenvalue weighted by atomic mass is 10.0. The van der Waals surface area contributed by atoms with Crippen LogP contribution in [-0.4, -0.2) is 4.98 Å². The summed E-state index contributed by atoms with van der Waals surface area (Å²) < 4.78 is 0. The van der Waals surface area contributed by atoms with E-state index in [-0.39, 0.29) is 0 Å². The number of hydrogen-bond donors (Lipinski definition) is 0. The Morgan fingerprint density at radius 3 is 2.44 bits per heavy atom. The molecule has 0 radical (unpaired) electrons. The van der Waals surface area contributed by atoms with Gasteiger partial charge < -0.3 is 0 Å². The summed E-state index contributed by atoms with van der Waals surface area (Å²) in [6.45, 7) is 0. The second-order valence-corrected chi connectivity index (χ2v) is 4.39. The predicted octanol–water partition coefficient (Wildman–Crippen LogP) is 4.45. The van der Waals surface area contributed by atoms with E-state index < -0.39 is 0 Å². The monoisotopic (exact) mass is 274 g/mol. The summed E-state index contributed by atoms with van der Waals surface area (Å²) in [6, 6.07) is 10.9. The summed E-state index contributed by atoms with van der Waals surface area (Å²) in [4.78, 5) is 3.93. The van der Waals surface area contributed by atoms with E-state index in [4.69, 9.17) is 23.2 Å². The molecule has 0 fully saturated rings. The van der Waals surface area contributed by atoms with Crippen LogP contribution in [0, 0.1) is 11.3 Å². The van der Waals surface area contributed by atoms with Gasteiger partial charge in [-0.3, -0.25) is 4.98 Å². The number of allylic oxidation sites excluding steroid dienone is 1. The Balaban J connectivity index is 2.43. The lowest BCUT2D eigenvalue weighted by Crippen LogP contribution is -1.83. The highest BCUT2D eigenvalue weighted by Crippen LogP contribution is 2.26. The molecule has 0 N–H and O–H groups in total. The van der Waals surface area contributed by atoms with E-state index in [1.807, 2.05) is 12.1 Å². The molecule has 0 bridgehead atoms. The van der Waals surface area contributed by atoms with Crippen LogP contribution in [0.5, 0.6) is 0 Å². The molecule has 1 aromatic heterocycles. The van der Waals surface area contributed by atoms with Crippen LogP contribution < -0.4 is 0 Å². The first-order valence-electron chi connectivity index (χ1n) is 5.18. The van der Waals surface area contributed by atoms with Gasteiger partial charge in [0.2, 0.25) is 0 Å². The number of benzene rings is 1. The van der Waals surface area contributed by atoms with Crippen molar-refractivity contribution in [3.8, 4) is 6.07 Å². The summed E-state index contributed by atoms with van der Waals surface area (Å²) in [5.74, 6) is 0. The van der Waals surface area contributed by atoms with E-state index >= 15 is 0 Å². The van der Waals surface area contributed by atoms with Gasteiger partial charge in [-0.05, 0) is 41.5 Å². The maximum atomic E-state index is 9.19. The van der Waals surface area contributed by atoms with Gasteiger partial charge in [0.1, 0.15) is 0 Å². The fraction of sp³-hybridized carbons (Fsp3) is 0. The third kappa shape index (κ3) is 2.89. The largest absolute Gasteiger partial charge is 0.265 e. The number of nitriles is 1. The first kappa shape index (κ1) is 12.6. The highest BCUT2D eigenvalue weighted by Gasteiger charge is 2.04. The van der Waals surface area contributed by atoms with Crippen LogP contribution >= 0.6 is 23.2 Å². The van der Waals surface area contributed by atoms with Crippen LogP contribution in [-0.2, 0) is 0 Å². The summed E-state index contributed by atoms with van der Waals surface area (Å²) in [5, 5.41) is 10.1. The van der Waals surface area contributed by atoms with E-state index in [2.05, 4.69) is 11.1 Å². The summed E-state index contributed by atoms with van der Waals surface area (Å²) in [6.07, 6.45) is 5.13. The Hall–Kier alpha value is -1.82. The Labute approximate surface area is 115 Å². The topological polar surface area (TPSA) is 36.7 Å². The minimum Gasteiger partial charge on any atom is -0.265 e. The molecular weight excluding hydrogens is 267 g/mol. The molecule has 0 unspecified atom stereocenters. The molecule has 2 nitrogen and oxygen atoms in total. The fourth-order valence-electron chi connectivity index (χ4n) is 1.47. The third-order valence-corrected chi connectivity index (χ3v) is 3.11. The number of halogens is 2. The van der Waals surface area contributed by atoms with Crippen LogP contribution in [0.4, 0.5) is 0 Å². The van der Waals surface area contributed by atoms with Gasteiger partial charge in [0, 0.05) is 12.4 Å². The molecule has 4 heteroatoms. The normalized spacial score (nSPS) is 11.1. The van der Waals surface area contributed by atoms with Crippen molar-refractivity contribution in [3.63, 3.8) is 0 Å². The first-order valence-corrected chi connectivity index (χ1v) is 5.93. The van der Waals surface area contributed by atoms with Crippen molar-refractivity contribution in [2.24, 2.45) is 0 Å². The molecule has 18 heavy (non-hydrogen) atoms. The van der Waals surface area contributed by atoms with E-state index in [1.165, 1.54) is 0 Å². The quantitative estimate of drug-likeness (QED) is 0.759. The Kier molecular flexibility index (Phi) is 3.99. The minimum atomic E-state index is 0.435. The molecule has 1 aromatic carbocycles. The molecule has 0 aliphatic heterocycles. The maximum absolute atomic E-state index is 9.19. The molecule has 2 rings (SSSR count). The van der Waals surface area contributed by atoms with Crippen molar-refractivity contribution < 1.29 is 0 Å². The van der Waals surface area contributed by atoms with Gasteiger partial charge in [0.25, 0.3) is 0 Å². The SMILES string of the molecule is N#C/C(=C\c1ccncc1)c1ccc(Cl)c(Cl)c1. The second-order valence-electron chi connectivity index (χ2n) is 3.58. The van der Waals surface area contributed by atoms with Crippen LogP contribution in [0.25, 0.3) is 11.6 Å². The van der Waals surface area contributed by atoms with Gasteiger partial charge in [-0.15, -0.1) is 0 Å². The summed E-state index contributed by atoms with van der Waals surface area (Å²) in [5.41, 5.74) is 2.18. The van der Waals surface area contributed by atoms with E-state index in [0.717, 1.165) is 11.1 Å². The molecule has 1 heterocycles. The molecule has 0 spiro atoms. The fourth-order valence-corrected chi connectivity index (χ4v) is 1.77. The first-order chi connectivity index (χ1) is 8.70. The summed E-state index contributed by atoms with van der Waals surface area (Å²) >= 11 is 11.8. The van der Waals surface area contributed by atoms with Gasteiger partial charge in [0.15, 0.2) is 0 Å². The molecule has 88 valence electrons. The van der Waals surface area contributed by atoms with Gasteiger partial charge in [-0.1, -0.05) is 29.3 Å². The zero-order valence-electron chi connectivity index (χ0n) is 9.27. The van der Waals surface area contributed by atoms with Crippen molar-refractivity contribution in [1.82, 2.24) is 4.98 Å². The standard InChI is InChI=1S/C14H8Cl2N2/c15-13-2-1-11(8-14(13)16)12(9-17)7-10-3-5-18-6-4-10/h1-8H/b12-7+. The molecule has 0 aliphatic rings. The van der Waals surface area contributed by atoms with Crippen LogP contribution in [0.15, 0.2) is 42.7 Å². The van der Waals surface area contributed by atoms with Crippen LogP contribution in [0.3, 0.4) is 0 Å². The zero-order chi connectivity index (χ0) is 13.0. The van der Waals surface area contributed by atoms with E-state index in [9.17, 15) is 5.26 Å². The lowest BCUT2D eigenvalue weighted by Gasteiger charge is -2.02. The van der Waals surface area contributed by atoms with Crippen molar-refractivity contribution in [2.75, 3.05) is 0 Å². The molecule has 0 saturated heterocycles. The minimum absolute atomic E-state index is 0.435. The molecule has 0 atom stereocenters. The van der Waals surface area contributed by atoms with Crippen LogP contribution in [0.2, 0.25) is 10.0 Å². The van der Waals surface area contributed by atoms with E-state index in [1.54, 1.807) is 36.7 Å². The van der Waals surface area contributed by atoms with Gasteiger partial charge >= 0.3 is 0 Å². The number of aromatic nitrogens is 1. The Morgan fingerprint density at radius 1 is 1.11 bits per heavy atom. The molecule has 0 saturated carbocycles. The lowest BCUT2D eigenvalue weighted by molar-refractivity contribution is 1.32. The number of rotatable bonds is 2. The number of pyridine rings is 1. The van der Waals surface area contributed by atoms with Crippen molar-refractivity contribution in [3.05, 3.63) is 63.9 Å². The highest BCUT2D eigenvalue weighted by atomic mass is 35.5. The predicted molar refractivity (Wildman–Crippen MR) is 74.2 cm³/mol. The second kappa shape index (κ2) is 5.68. The molecule has 0 amide bonds. The Bertz CT molecular complexity index is 628. The van der Waals surface area contributed by atoms with Crippen LogP contribution in [0.1, 0.15) is 11.1 Å². The average molecular weight is 275 g/mol. The van der Waals surface area contributed by atoms with Gasteiger partial charge in [-0.25, -0.2) is 0 Å². The Morgan fingerprint density at radius 2 is 1.83 bits per heavy atom. The van der Waals surface area contributed by atoms with Crippen molar-refractivity contribution in [1.29, 1.82) is 5.26 Å². The third-order valence-electron chi connectivity index (χ3n) is 2.37. The molecular formula is C14H8Cl2N2. The average Bonchev–Trinajstić information content (AvgIpc) is 2.40. The van der Waals surface area contributed by atoms with Gasteiger partial charge in [0.05, 0.1) is 21.7 Å². The van der Waals surface area contributed by atoms with E-state index in [0.29, 0.717) is 15.6 Å². The molecule has 0 aliphatic carbocycles. The maximum Gasteiger partial charge on any atom is 0.0998 e. The van der Waals surface area contributed by atoms with Crippen molar-refractivity contribution >= 4 is 34.9 Å². The summed E-state index contributed by atoms with van der Waals surface area (Å²) in [7, 11) is 0. The zero-order valence-corrected chi connectivity index (χ0v) is 10.8. The molecule has 2 aromatic rings. The highest BCUT2D eigenvalue weighted by molar-refractivity contribution is 6.42. The number of hydrogen-bond acceptors (Lipinski definition) is 2. The number of nitrogens with zero attached hydrogens (tertiary/aromatic N) is 2. The van der Waals surface area contributed by atoms with Gasteiger partial charge in [-0.2, -0.15) is 5.26 Å².